The number of rotatable bonds is 6. The maximum absolute atomic E-state index is 12.8. The maximum Gasteiger partial charge on any atom is 0.295 e. The van der Waals surface area contributed by atoms with E-state index in [2.05, 4.69) is 4.98 Å². The van der Waals surface area contributed by atoms with E-state index in [0.717, 1.165) is 5.56 Å². The van der Waals surface area contributed by atoms with E-state index in [-0.39, 0.29) is 24.5 Å². The van der Waals surface area contributed by atoms with Crippen LogP contribution >= 0.6 is 0 Å². The molecule has 1 amide bonds. The van der Waals surface area contributed by atoms with Gasteiger partial charge in [-0.15, -0.1) is 0 Å². The zero-order valence-corrected chi connectivity index (χ0v) is 16.0. The second-order valence-electron chi connectivity index (χ2n) is 6.45. The second-order valence-corrected chi connectivity index (χ2v) is 6.45. The molecule has 7 heteroatoms. The van der Waals surface area contributed by atoms with Crippen LogP contribution in [0.15, 0.2) is 48.3 Å². The highest BCUT2D eigenvalue weighted by atomic mass is 16.5. The Hall–Kier alpha value is -3.19. The second kappa shape index (κ2) is 8.22. The number of hydrogen-bond acceptors (Lipinski definition) is 6. The van der Waals surface area contributed by atoms with Crippen LogP contribution in [0.25, 0.3) is 5.76 Å². The van der Waals surface area contributed by atoms with Gasteiger partial charge in [-0.2, -0.15) is 0 Å². The van der Waals surface area contributed by atoms with Gasteiger partial charge in [-0.1, -0.05) is 0 Å². The number of amides is 1. The Bertz CT molecular complexity index is 924. The molecule has 3 rings (SSSR count). The molecule has 1 N–H and O–H groups in total. The summed E-state index contributed by atoms with van der Waals surface area (Å²) in [4.78, 5) is 30.9. The molecule has 0 bridgehead atoms. The average molecular weight is 382 g/mol. The summed E-state index contributed by atoms with van der Waals surface area (Å²) in [6.07, 6.45) is 3.17. The van der Waals surface area contributed by atoms with Gasteiger partial charge in [0, 0.05) is 31.6 Å². The topological polar surface area (TPSA) is 89.0 Å². The van der Waals surface area contributed by atoms with Gasteiger partial charge in [-0.25, -0.2) is 0 Å². The van der Waals surface area contributed by atoms with E-state index < -0.39 is 17.7 Å². The first-order valence-electron chi connectivity index (χ1n) is 8.81. The number of aliphatic hydroxyl groups excluding tert-OH is 1. The number of ether oxygens (including phenoxy) is 2. The summed E-state index contributed by atoms with van der Waals surface area (Å²) in [6, 6.07) is 7.84. The van der Waals surface area contributed by atoms with Crippen LogP contribution in [0.3, 0.4) is 0 Å². The quantitative estimate of drug-likeness (QED) is 0.469. The van der Waals surface area contributed by atoms with E-state index in [9.17, 15) is 14.7 Å². The largest absolute Gasteiger partial charge is 0.507 e. The number of aryl methyl sites for hydroxylation is 1. The van der Waals surface area contributed by atoms with Crippen LogP contribution in [0.1, 0.15) is 22.7 Å². The molecular weight excluding hydrogens is 360 g/mol. The number of aliphatic hydroxyl groups is 1. The normalized spacial score (nSPS) is 18.5. The minimum Gasteiger partial charge on any atom is -0.507 e. The number of hydrogen-bond donors (Lipinski definition) is 1. The smallest absolute Gasteiger partial charge is 0.295 e. The summed E-state index contributed by atoms with van der Waals surface area (Å²) >= 11 is 0. The summed E-state index contributed by atoms with van der Waals surface area (Å²) in [7, 11) is 3.09. The number of Topliss-reactive ketones (excluding diaryl/α,β-unsaturated/α-hetero) is 1. The number of methoxy groups -OCH3 is 2. The van der Waals surface area contributed by atoms with E-state index in [1.807, 2.05) is 6.92 Å². The Morgan fingerprint density at radius 1 is 1.18 bits per heavy atom. The number of carbonyl (C=O) groups excluding carboxylic acids is 2. The standard InChI is InChI=1S/C21H22N2O5/c1-13-12-15(4-5-16(13)28-3)19(24)17-18(14-6-8-22-9-7-14)23(10-11-27-2)21(26)20(17)25/h4-9,12,18,24H,10-11H2,1-3H3/b19-17-. The zero-order valence-electron chi connectivity index (χ0n) is 16.0. The molecule has 1 fully saturated rings. The highest BCUT2D eigenvalue weighted by molar-refractivity contribution is 6.46. The van der Waals surface area contributed by atoms with E-state index in [1.54, 1.807) is 49.8 Å². The Morgan fingerprint density at radius 3 is 2.50 bits per heavy atom. The molecule has 2 aromatic rings. The molecule has 0 aliphatic carbocycles. The molecule has 1 aliphatic heterocycles. The number of benzene rings is 1. The van der Waals surface area contributed by atoms with Gasteiger partial charge in [-0.3, -0.25) is 14.6 Å². The van der Waals surface area contributed by atoms with Gasteiger partial charge in [0.25, 0.3) is 11.7 Å². The molecule has 2 heterocycles. The number of pyridine rings is 1. The molecule has 146 valence electrons. The summed E-state index contributed by atoms with van der Waals surface area (Å²) < 4.78 is 10.3. The summed E-state index contributed by atoms with van der Waals surface area (Å²) in [6.45, 7) is 2.34. The fourth-order valence-electron chi connectivity index (χ4n) is 3.37. The van der Waals surface area contributed by atoms with E-state index in [4.69, 9.17) is 9.47 Å². The number of carbonyl (C=O) groups is 2. The third-order valence-electron chi connectivity index (χ3n) is 4.77. The van der Waals surface area contributed by atoms with Crippen LogP contribution in [0.2, 0.25) is 0 Å². The lowest BCUT2D eigenvalue weighted by Gasteiger charge is -2.24. The summed E-state index contributed by atoms with van der Waals surface area (Å²) in [5.41, 5.74) is 2.00. The molecule has 0 spiro atoms. The van der Waals surface area contributed by atoms with Crippen molar-refractivity contribution in [3.8, 4) is 5.75 Å². The van der Waals surface area contributed by atoms with Crippen LogP contribution in [0.5, 0.6) is 5.75 Å². The fraction of sp³-hybridized carbons (Fsp3) is 0.286. The van der Waals surface area contributed by atoms with Gasteiger partial charge in [-0.05, 0) is 48.4 Å². The lowest BCUT2D eigenvalue weighted by atomic mass is 9.95. The number of likely N-dealkylation sites (tertiary alicyclic amines) is 1. The molecule has 1 aromatic heterocycles. The molecule has 1 aliphatic rings. The Kier molecular flexibility index (Phi) is 5.75. The van der Waals surface area contributed by atoms with Gasteiger partial charge < -0.3 is 19.5 Å². The van der Waals surface area contributed by atoms with E-state index in [1.165, 1.54) is 12.0 Å². The van der Waals surface area contributed by atoms with Gasteiger partial charge in [0.15, 0.2) is 0 Å². The summed E-state index contributed by atoms with van der Waals surface area (Å²) in [5.74, 6) is -0.928. The maximum atomic E-state index is 12.8. The first-order valence-corrected chi connectivity index (χ1v) is 8.81. The van der Waals surface area contributed by atoms with Crippen molar-refractivity contribution in [2.75, 3.05) is 27.4 Å². The monoisotopic (exact) mass is 382 g/mol. The average Bonchev–Trinajstić information content (AvgIpc) is 2.97. The minimum atomic E-state index is -0.719. The first-order chi connectivity index (χ1) is 13.5. The molecule has 7 nitrogen and oxygen atoms in total. The molecule has 1 saturated heterocycles. The van der Waals surface area contributed by atoms with Crippen LogP contribution < -0.4 is 4.74 Å². The minimum absolute atomic E-state index is 0.0527. The molecule has 0 saturated carbocycles. The van der Waals surface area contributed by atoms with Crippen molar-refractivity contribution in [1.29, 1.82) is 0 Å². The molecule has 1 aromatic carbocycles. The first kappa shape index (κ1) is 19.6. The lowest BCUT2D eigenvalue weighted by molar-refractivity contribution is -0.140. The third-order valence-corrected chi connectivity index (χ3v) is 4.77. The Labute approximate surface area is 163 Å². The van der Waals surface area contributed by atoms with Crippen molar-refractivity contribution in [3.63, 3.8) is 0 Å². The highest BCUT2D eigenvalue weighted by Gasteiger charge is 2.45. The van der Waals surface area contributed by atoms with Crippen molar-refractivity contribution in [2.24, 2.45) is 0 Å². The molecule has 1 atom stereocenters. The van der Waals surface area contributed by atoms with Crippen molar-refractivity contribution in [3.05, 3.63) is 65.0 Å². The molecule has 0 radical (unpaired) electrons. The van der Waals surface area contributed by atoms with Crippen molar-refractivity contribution < 1.29 is 24.2 Å². The molecular formula is C21H22N2O5. The van der Waals surface area contributed by atoms with Crippen molar-refractivity contribution in [1.82, 2.24) is 9.88 Å². The van der Waals surface area contributed by atoms with Crippen molar-refractivity contribution in [2.45, 2.75) is 13.0 Å². The van der Waals surface area contributed by atoms with E-state index >= 15 is 0 Å². The van der Waals surface area contributed by atoms with Gasteiger partial charge in [0.2, 0.25) is 0 Å². The van der Waals surface area contributed by atoms with Crippen LogP contribution in [-0.2, 0) is 14.3 Å². The van der Waals surface area contributed by atoms with Gasteiger partial charge in [0.1, 0.15) is 11.5 Å². The predicted octanol–water partition coefficient (Wildman–Crippen LogP) is 2.47. The van der Waals surface area contributed by atoms with Crippen LogP contribution in [0, 0.1) is 6.92 Å². The van der Waals surface area contributed by atoms with Crippen molar-refractivity contribution >= 4 is 17.4 Å². The summed E-state index contributed by atoms with van der Waals surface area (Å²) in [5, 5.41) is 11.0. The lowest BCUT2D eigenvalue weighted by Crippen LogP contribution is -2.32. The Balaban J connectivity index is 2.15. The number of aromatic nitrogens is 1. The van der Waals surface area contributed by atoms with Gasteiger partial charge >= 0.3 is 0 Å². The number of ketones is 1. The Morgan fingerprint density at radius 2 is 1.89 bits per heavy atom. The zero-order chi connectivity index (χ0) is 20.3. The molecule has 28 heavy (non-hydrogen) atoms. The third kappa shape index (κ3) is 3.48. The molecule has 1 unspecified atom stereocenters. The number of nitrogens with zero attached hydrogens (tertiary/aromatic N) is 2. The SMILES string of the molecule is COCCN1C(=O)C(=O)/C(=C(\O)c2ccc(OC)c(C)c2)C1c1ccncc1. The highest BCUT2D eigenvalue weighted by Crippen LogP contribution is 2.39. The van der Waals surface area contributed by atoms with E-state index in [0.29, 0.717) is 16.9 Å². The predicted molar refractivity (Wildman–Crippen MR) is 103 cm³/mol. The van der Waals surface area contributed by atoms with Gasteiger partial charge in [0.05, 0.1) is 25.3 Å². The van der Waals surface area contributed by atoms with Crippen LogP contribution in [-0.4, -0.2) is 54.1 Å². The van der Waals surface area contributed by atoms with Crippen LogP contribution in [0.4, 0.5) is 0 Å². The fourth-order valence-corrected chi connectivity index (χ4v) is 3.37.